The molecule has 26 heavy (non-hydrogen) atoms. The molecule has 0 saturated heterocycles. The zero-order valence-electron chi connectivity index (χ0n) is 14.5. The molecule has 0 aliphatic carbocycles. The van der Waals surface area contributed by atoms with Gasteiger partial charge in [0.15, 0.2) is 0 Å². The third-order valence-corrected chi connectivity index (χ3v) is 3.99. The molecule has 1 N–H and O–H groups in total. The van der Waals surface area contributed by atoms with E-state index in [1.807, 2.05) is 18.2 Å². The molecule has 7 nitrogen and oxygen atoms in total. The third kappa shape index (κ3) is 4.12. The lowest BCUT2D eigenvalue weighted by Gasteiger charge is -2.07. The average Bonchev–Trinajstić information content (AvgIpc) is 2.68. The third-order valence-electron chi connectivity index (χ3n) is 3.99. The van der Waals surface area contributed by atoms with Gasteiger partial charge in [-0.25, -0.2) is 4.68 Å². The summed E-state index contributed by atoms with van der Waals surface area (Å²) in [5, 5.41) is 11.4. The zero-order valence-corrected chi connectivity index (χ0v) is 14.5. The molecule has 0 atom stereocenters. The number of fused-ring (bicyclic) bond motifs is 1. The first-order chi connectivity index (χ1) is 12.7. The highest BCUT2D eigenvalue weighted by atomic mass is 16.5. The molecule has 0 saturated carbocycles. The van der Waals surface area contributed by atoms with Crippen molar-refractivity contribution in [2.24, 2.45) is 0 Å². The molecule has 0 fully saturated rings. The molecule has 1 heterocycles. The molecule has 1 amide bonds. The summed E-state index contributed by atoms with van der Waals surface area (Å²) in [4.78, 5) is 24.5. The Bertz CT molecular complexity index is 951. The molecular formula is C19H20N4O3. The zero-order chi connectivity index (χ0) is 18.4. The second-order valence-corrected chi connectivity index (χ2v) is 5.87. The van der Waals surface area contributed by atoms with Crippen LogP contribution in [0.2, 0.25) is 0 Å². The van der Waals surface area contributed by atoms with Crippen LogP contribution in [0.25, 0.3) is 10.9 Å². The Hall–Kier alpha value is -3.06. The first-order valence-electron chi connectivity index (χ1n) is 8.37. The number of hydrogen-bond donors (Lipinski definition) is 1. The van der Waals surface area contributed by atoms with Crippen LogP contribution in [0.15, 0.2) is 53.3 Å². The summed E-state index contributed by atoms with van der Waals surface area (Å²) in [5.41, 5.74) is 1.83. The van der Waals surface area contributed by atoms with E-state index in [4.69, 9.17) is 4.74 Å². The molecule has 0 aliphatic rings. The topological polar surface area (TPSA) is 86.1 Å². The first kappa shape index (κ1) is 17.8. The van der Waals surface area contributed by atoms with E-state index in [-0.39, 0.29) is 11.5 Å². The minimum Gasteiger partial charge on any atom is -0.385 e. The number of methoxy groups -OCH3 is 1. The summed E-state index contributed by atoms with van der Waals surface area (Å²) in [7, 11) is 1.63. The highest BCUT2D eigenvalue weighted by Gasteiger charge is 2.08. The molecule has 0 spiro atoms. The molecule has 0 radical (unpaired) electrons. The van der Waals surface area contributed by atoms with Gasteiger partial charge >= 0.3 is 0 Å². The van der Waals surface area contributed by atoms with E-state index in [1.54, 1.807) is 37.4 Å². The largest absolute Gasteiger partial charge is 0.385 e. The van der Waals surface area contributed by atoms with Crippen molar-refractivity contribution < 1.29 is 9.53 Å². The number of ether oxygens (including phenoxy) is 1. The number of amides is 1. The van der Waals surface area contributed by atoms with E-state index in [0.29, 0.717) is 36.2 Å². The Morgan fingerprint density at radius 2 is 1.92 bits per heavy atom. The first-order valence-corrected chi connectivity index (χ1v) is 8.37. The van der Waals surface area contributed by atoms with Crippen molar-refractivity contribution in [3.05, 3.63) is 70.0 Å². The minimum atomic E-state index is -0.185. The standard InChI is InChI=1S/C19H20N4O3/c1-26-12-4-11-20-18(24)15-9-7-14(8-10-15)13-23-19(25)16-5-2-3-6-17(16)21-22-23/h2-3,5-10H,4,11-13H2,1H3,(H,20,24). The highest BCUT2D eigenvalue weighted by molar-refractivity contribution is 5.94. The fourth-order valence-corrected chi connectivity index (χ4v) is 2.58. The van der Waals surface area contributed by atoms with Crippen molar-refractivity contribution in [2.75, 3.05) is 20.3 Å². The summed E-state index contributed by atoms with van der Waals surface area (Å²) >= 11 is 0. The van der Waals surface area contributed by atoms with Crippen LogP contribution in [0.1, 0.15) is 22.3 Å². The van der Waals surface area contributed by atoms with Crippen LogP contribution in [-0.2, 0) is 11.3 Å². The summed E-state index contributed by atoms with van der Waals surface area (Å²) in [6.07, 6.45) is 0.768. The Kier molecular flexibility index (Phi) is 5.70. The smallest absolute Gasteiger partial charge is 0.277 e. The average molecular weight is 352 g/mol. The minimum absolute atomic E-state index is 0.129. The van der Waals surface area contributed by atoms with Gasteiger partial charge in [0.2, 0.25) is 0 Å². The van der Waals surface area contributed by atoms with E-state index in [1.165, 1.54) is 4.68 Å². The number of benzene rings is 2. The van der Waals surface area contributed by atoms with Crippen LogP contribution in [0.5, 0.6) is 0 Å². The van der Waals surface area contributed by atoms with Crippen molar-refractivity contribution in [1.82, 2.24) is 20.3 Å². The number of rotatable bonds is 7. The summed E-state index contributed by atoms with van der Waals surface area (Å²) in [6, 6.07) is 14.2. The van der Waals surface area contributed by atoms with Crippen LogP contribution in [-0.4, -0.2) is 41.2 Å². The van der Waals surface area contributed by atoms with E-state index in [0.717, 1.165) is 12.0 Å². The van der Waals surface area contributed by atoms with Gasteiger partial charge in [0, 0.05) is 25.8 Å². The lowest BCUT2D eigenvalue weighted by atomic mass is 10.1. The fourth-order valence-electron chi connectivity index (χ4n) is 2.58. The fraction of sp³-hybridized carbons (Fsp3) is 0.263. The number of hydrogen-bond acceptors (Lipinski definition) is 5. The number of carbonyl (C=O) groups is 1. The number of carbonyl (C=O) groups excluding carboxylic acids is 1. The molecule has 7 heteroatoms. The van der Waals surface area contributed by atoms with Crippen molar-refractivity contribution in [3.8, 4) is 0 Å². The Balaban J connectivity index is 1.69. The van der Waals surface area contributed by atoms with Gasteiger partial charge in [0.25, 0.3) is 11.5 Å². The second-order valence-electron chi connectivity index (χ2n) is 5.87. The van der Waals surface area contributed by atoms with Gasteiger partial charge in [-0.2, -0.15) is 0 Å². The molecule has 0 aliphatic heterocycles. The Labute approximate surface area is 150 Å². The maximum Gasteiger partial charge on any atom is 0.277 e. The molecule has 3 aromatic rings. The Morgan fingerprint density at radius 3 is 2.69 bits per heavy atom. The maximum absolute atomic E-state index is 12.5. The van der Waals surface area contributed by atoms with Crippen LogP contribution in [0.3, 0.4) is 0 Å². The van der Waals surface area contributed by atoms with Crippen molar-refractivity contribution in [3.63, 3.8) is 0 Å². The van der Waals surface area contributed by atoms with Crippen molar-refractivity contribution in [1.29, 1.82) is 0 Å². The lowest BCUT2D eigenvalue weighted by molar-refractivity contribution is 0.0948. The van der Waals surface area contributed by atoms with Crippen LogP contribution in [0.4, 0.5) is 0 Å². The number of aromatic nitrogens is 3. The van der Waals surface area contributed by atoms with Gasteiger partial charge in [-0.1, -0.05) is 29.5 Å². The molecule has 3 rings (SSSR count). The number of nitrogens with zero attached hydrogens (tertiary/aromatic N) is 3. The van der Waals surface area contributed by atoms with E-state index in [2.05, 4.69) is 15.6 Å². The lowest BCUT2D eigenvalue weighted by Crippen LogP contribution is -2.26. The van der Waals surface area contributed by atoms with Gasteiger partial charge in [-0.15, -0.1) is 5.10 Å². The van der Waals surface area contributed by atoms with Crippen molar-refractivity contribution >= 4 is 16.8 Å². The maximum atomic E-state index is 12.5. The van der Waals surface area contributed by atoms with Crippen LogP contribution < -0.4 is 10.9 Å². The van der Waals surface area contributed by atoms with Crippen LogP contribution >= 0.6 is 0 Å². The molecular weight excluding hydrogens is 332 g/mol. The van der Waals surface area contributed by atoms with E-state index in [9.17, 15) is 9.59 Å². The Morgan fingerprint density at radius 1 is 1.15 bits per heavy atom. The molecule has 0 bridgehead atoms. The summed E-state index contributed by atoms with van der Waals surface area (Å²) in [5.74, 6) is -0.129. The van der Waals surface area contributed by atoms with Gasteiger partial charge in [0.1, 0.15) is 5.52 Å². The van der Waals surface area contributed by atoms with Crippen molar-refractivity contribution in [2.45, 2.75) is 13.0 Å². The molecule has 1 aromatic heterocycles. The van der Waals surface area contributed by atoms with Gasteiger partial charge in [-0.3, -0.25) is 9.59 Å². The predicted molar refractivity (Wildman–Crippen MR) is 98.2 cm³/mol. The number of nitrogens with one attached hydrogen (secondary N) is 1. The predicted octanol–water partition coefficient (Wildman–Crippen LogP) is 1.61. The highest BCUT2D eigenvalue weighted by Crippen LogP contribution is 2.07. The SMILES string of the molecule is COCCCNC(=O)c1ccc(Cn2nnc3ccccc3c2=O)cc1. The van der Waals surface area contributed by atoms with Gasteiger partial charge in [0.05, 0.1) is 11.9 Å². The van der Waals surface area contributed by atoms with E-state index >= 15 is 0 Å². The normalized spacial score (nSPS) is 10.8. The van der Waals surface area contributed by atoms with Crippen LogP contribution in [0, 0.1) is 0 Å². The molecule has 0 unspecified atom stereocenters. The molecule has 2 aromatic carbocycles. The van der Waals surface area contributed by atoms with Gasteiger partial charge < -0.3 is 10.1 Å². The second kappa shape index (κ2) is 8.35. The molecule has 134 valence electrons. The summed E-state index contributed by atoms with van der Waals surface area (Å²) < 4.78 is 6.27. The van der Waals surface area contributed by atoms with E-state index < -0.39 is 0 Å². The summed E-state index contributed by atoms with van der Waals surface area (Å²) in [6.45, 7) is 1.48. The monoisotopic (exact) mass is 352 g/mol. The van der Waals surface area contributed by atoms with Gasteiger partial charge in [-0.05, 0) is 36.2 Å². The quantitative estimate of drug-likeness (QED) is 0.653.